The predicted molar refractivity (Wildman–Crippen MR) is 83.1 cm³/mol. The first-order chi connectivity index (χ1) is 9.73. The maximum absolute atomic E-state index is 4.49. The van der Waals surface area contributed by atoms with Crippen molar-refractivity contribution in [3.8, 4) is 0 Å². The van der Waals surface area contributed by atoms with Crippen molar-refractivity contribution in [1.29, 1.82) is 0 Å². The Hall–Kier alpha value is -1.26. The van der Waals surface area contributed by atoms with Crippen LogP contribution in [0.5, 0.6) is 0 Å². The van der Waals surface area contributed by atoms with Crippen LogP contribution in [-0.4, -0.2) is 17.2 Å². The summed E-state index contributed by atoms with van der Waals surface area (Å²) in [6, 6.07) is 10.6. The average molecular weight is 287 g/mol. The normalized spacial score (nSPS) is 19.1. The highest BCUT2D eigenvalue weighted by Crippen LogP contribution is 2.42. The summed E-state index contributed by atoms with van der Waals surface area (Å²) in [5.74, 6) is 0. The fraction of sp³-hybridized carbons (Fsp3) is 0.500. The van der Waals surface area contributed by atoms with Crippen molar-refractivity contribution >= 4 is 11.3 Å². The molecule has 2 aromatic rings. The topological polar surface area (TPSA) is 37.8 Å². The van der Waals surface area contributed by atoms with Gasteiger partial charge in [-0.15, -0.1) is 10.2 Å². The summed E-state index contributed by atoms with van der Waals surface area (Å²) in [4.78, 5) is 0. The molecule has 0 spiro atoms. The molecule has 0 amide bonds. The summed E-state index contributed by atoms with van der Waals surface area (Å²) in [6.45, 7) is 2.33. The van der Waals surface area contributed by atoms with Crippen molar-refractivity contribution in [2.24, 2.45) is 0 Å². The molecule has 4 heteroatoms. The first-order valence-electron chi connectivity index (χ1n) is 7.29. The van der Waals surface area contributed by atoms with E-state index in [9.17, 15) is 0 Å². The van der Waals surface area contributed by atoms with Crippen LogP contribution >= 0.6 is 11.3 Å². The summed E-state index contributed by atoms with van der Waals surface area (Å²) in [6.07, 6.45) is 5.13. The van der Waals surface area contributed by atoms with Gasteiger partial charge in [-0.2, -0.15) is 0 Å². The van der Waals surface area contributed by atoms with Gasteiger partial charge in [-0.05, 0) is 25.5 Å². The lowest BCUT2D eigenvalue weighted by molar-refractivity contribution is 0.483. The van der Waals surface area contributed by atoms with Gasteiger partial charge >= 0.3 is 0 Å². The molecule has 1 saturated carbocycles. The highest BCUT2D eigenvalue weighted by molar-refractivity contribution is 7.11. The van der Waals surface area contributed by atoms with Crippen molar-refractivity contribution in [1.82, 2.24) is 15.5 Å². The molecular formula is C16H21N3S. The summed E-state index contributed by atoms with van der Waals surface area (Å²) < 4.78 is 0. The molecule has 0 aliphatic heterocycles. The van der Waals surface area contributed by atoms with E-state index in [4.69, 9.17) is 0 Å². The maximum atomic E-state index is 4.49. The monoisotopic (exact) mass is 287 g/mol. The number of hydrogen-bond donors (Lipinski definition) is 1. The van der Waals surface area contributed by atoms with Crippen molar-refractivity contribution in [3.63, 3.8) is 0 Å². The summed E-state index contributed by atoms with van der Waals surface area (Å²) in [5, 5.41) is 14.6. The van der Waals surface area contributed by atoms with Crippen LogP contribution in [0.25, 0.3) is 0 Å². The predicted octanol–water partition coefficient (Wildman–Crippen LogP) is 3.68. The molecule has 1 aliphatic carbocycles. The molecule has 20 heavy (non-hydrogen) atoms. The van der Waals surface area contributed by atoms with E-state index < -0.39 is 0 Å². The molecule has 1 unspecified atom stereocenters. The van der Waals surface area contributed by atoms with Crippen LogP contribution in [0.2, 0.25) is 0 Å². The molecule has 3 rings (SSSR count). The van der Waals surface area contributed by atoms with Crippen molar-refractivity contribution in [3.05, 3.63) is 45.9 Å². The molecule has 0 saturated heterocycles. The number of nitrogens with zero attached hydrogens (tertiary/aromatic N) is 2. The van der Waals surface area contributed by atoms with Gasteiger partial charge < -0.3 is 5.32 Å². The van der Waals surface area contributed by atoms with Crippen LogP contribution in [0.3, 0.4) is 0 Å². The quantitative estimate of drug-likeness (QED) is 0.932. The third kappa shape index (κ3) is 2.50. The van der Waals surface area contributed by atoms with E-state index >= 15 is 0 Å². The van der Waals surface area contributed by atoms with Crippen LogP contribution in [0.15, 0.2) is 30.3 Å². The molecule has 0 radical (unpaired) electrons. The zero-order chi connectivity index (χ0) is 14.0. The van der Waals surface area contributed by atoms with E-state index in [0.717, 1.165) is 5.01 Å². The minimum absolute atomic E-state index is 0.146. The molecule has 0 bridgehead atoms. The minimum atomic E-state index is 0.146. The van der Waals surface area contributed by atoms with Gasteiger partial charge in [0.1, 0.15) is 10.0 Å². The first-order valence-corrected chi connectivity index (χ1v) is 8.11. The SMILES string of the molecule is CNC(c1ccccc1)c1nnc(C2(C)CCCC2)s1. The zero-order valence-corrected chi connectivity index (χ0v) is 12.9. The molecule has 1 aromatic heterocycles. The molecule has 1 N–H and O–H groups in total. The van der Waals surface area contributed by atoms with Crippen LogP contribution in [0.1, 0.15) is 54.2 Å². The minimum Gasteiger partial charge on any atom is -0.307 e. The van der Waals surface area contributed by atoms with Gasteiger partial charge in [0.05, 0.1) is 6.04 Å². The third-order valence-electron chi connectivity index (χ3n) is 4.33. The Morgan fingerprint density at radius 2 is 1.85 bits per heavy atom. The highest BCUT2D eigenvalue weighted by atomic mass is 32.1. The van der Waals surface area contributed by atoms with E-state index in [2.05, 4.69) is 46.7 Å². The Kier molecular flexibility index (Phi) is 3.85. The second-order valence-electron chi connectivity index (χ2n) is 5.85. The molecule has 1 aromatic carbocycles. The van der Waals surface area contributed by atoms with E-state index in [1.165, 1.54) is 36.3 Å². The Bertz CT molecular complexity index is 558. The van der Waals surface area contributed by atoms with Crippen LogP contribution < -0.4 is 5.32 Å². The second kappa shape index (κ2) is 5.62. The number of benzene rings is 1. The average Bonchev–Trinajstić information content (AvgIpc) is 3.11. The van der Waals surface area contributed by atoms with Crippen molar-refractivity contribution < 1.29 is 0 Å². The van der Waals surface area contributed by atoms with Crippen molar-refractivity contribution in [2.75, 3.05) is 7.05 Å². The molecule has 3 nitrogen and oxygen atoms in total. The lowest BCUT2D eigenvalue weighted by Gasteiger charge is -2.19. The molecular weight excluding hydrogens is 266 g/mol. The highest BCUT2D eigenvalue weighted by Gasteiger charge is 2.34. The second-order valence-corrected chi connectivity index (χ2v) is 6.85. The Labute approximate surface area is 124 Å². The van der Waals surface area contributed by atoms with Gasteiger partial charge in [0.2, 0.25) is 0 Å². The summed E-state index contributed by atoms with van der Waals surface area (Å²) in [5.41, 5.74) is 1.50. The first kappa shape index (κ1) is 13.7. The van der Waals surface area contributed by atoms with E-state index in [-0.39, 0.29) is 11.5 Å². The summed E-state index contributed by atoms with van der Waals surface area (Å²) in [7, 11) is 1.98. The fourth-order valence-corrected chi connectivity index (χ4v) is 4.23. The van der Waals surface area contributed by atoms with E-state index in [1.54, 1.807) is 11.3 Å². The number of rotatable bonds is 4. The smallest absolute Gasteiger partial charge is 0.139 e. The Morgan fingerprint density at radius 3 is 2.50 bits per heavy atom. The lowest BCUT2D eigenvalue weighted by Crippen LogP contribution is -2.17. The Morgan fingerprint density at radius 1 is 1.15 bits per heavy atom. The van der Waals surface area contributed by atoms with Gasteiger partial charge in [-0.3, -0.25) is 0 Å². The van der Waals surface area contributed by atoms with Gasteiger partial charge in [-0.1, -0.05) is 61.4 Å². The van der Waals surface area contributed by atoms with Crippen molar-refractivity contribution in [2.45, 2.75) is 44.1 Å². The number of hydrogen-bond acceptors (Lipinski definition) is 4. The third-order valence-corrected chi connectivity index (χ3v) is 5.63. The van der Waals surface area contributed by atoms with Gasteiger partial charge in [-0.25, -0.2) is 0 Å². The molecule has 1 fully saturated rings. The van der Waals surface area contributed by atoms with Gasteiger partial charge in [0.25, 0.3) is 0 Å². The Balaban J connectivity index is 1.89. The fourth-order valence-electron chi connectivity index (χ4n) is 3.04. The number of aromatic nitrogens is 2. The largest absolute Gasteiger partial charge is 0.307 e. The van der Waals surface area contributed by atoms with Crippen LogP contribution in [-0.2, 0) is 5.41 Å². The molecule has 1 aliphatic rings. The van der Waals surface area contributed by atoms with Crippen LogP contribution in [0.4, 0.5) is 0 Å². The maximum Gasteiger partial charge on any atom is 0.139 e. The number of nitrogens with one attached hydrogen (secondary N) is 1. The zero-order valence-electron chi connectivity index (χ0n) is 12.1. The summed E-state index contributed by atoms with van der Waals surface area (Å²) >= 11 is 1.77. The van der Waals surface area contributed by atoms with Gasteiger partial charge in [0, 0.05) is 5.41 Å². The standard InChI is InChI=1S/C16H21N3S/c1-16(10-6-7-11-16)15-19-18-14(20-15)13(17-2)12-8-4-3-5-9-12/h3-5,8-9,13,17H,6-7,10-11H2,1-2H3. The van der Waals surface area contributed by atoms with E-state index in [1.807, 2.05) is 13.1 Å². The van der Waals surface area contributed by atoms with E-state index in [0.29, 0.717) is 0 Å². The molecule has 106 valence electrons. The lowest BCUT2D eigenvalue weighted by atomic mass is 9.90. The molecule has 1 heterocycles. The van der Waals surface area contributed by atoms with Crippen LogP contribution in [0, 0.1) is 0 Å². The molecule has 1 atom stereocenters. The van der Waals surface area contributed by atoms with Gasteiger partial charge in [0.15, 0.2) is 0 Å².